The summed E-state index contributed by atoms with van der Waals surface area (Å²) >= 11 is 0. The van der Waals surface area contributed by atoms with Crippen molar-refractivity contribution in [2.45, 2.75) is 91.3 Å². The van der Waals surface area contributed by atoms with Crippen LogP contribution in [0, 0.1) is 0 Å². The van der Waals surface area contributed by atoms with E-state index in [1.807, 2.05) is 0 Å². The van der Waals surface area contributed by atoms with E-state index in [4.69, 9.17) is 5.73 Å². The van der Waals surface area contributed by atoms with Crippen LogP contribution in [0.5, 0.6) is 0 Å². The number of rotatable bonds is 18. The molecule has 7 heteroatoms. The van der Waals surface area contributed by atoms with Gasteiger partial charge in [-0.15, -0.1) is 0 Å². The minimum absolute atomic E-state index is 0.582. The van der Waals surface area contributed by atoms with Gasteiger partial charge in [-0.2, -0.15) is 0 Å². The van der Waals surface area contributed by atoms with Crippen LogP contribution in [-0.2, 0) is 45.8 Å². The van der Waals surface area contributed by atoms with Crippen LogP contribution in [0.15, 0.2) is 129 Å². The summed E-state index contributed by atoms with van der Waals surface area (Å²) in [4.78, 5) is 0. The fourth-order valence-corrected chi connectivity index (χ4v) is 6.33. The summed E-state index contributed by atoms with van der Waals surface area (Å²) < 4.78 is 13.6. The lowest BCUT2D eigenvalue weighted by Crippen LogP contribution is -2.32. The predicted molar refractivity (Wildman–Crippen MR) is 190 cm³/mol. The van der Waals surface area contributed by atoms with Gasteiger partial charge in [-0.05, 0) is 46.2 Å². The minimum Gasteiger partial charge on any atom is -0.326 e. The highest BCUT2D eigenvalue weighted by molar-refractivity contribution is 5.24. The normalized spacial score (nSPS) is 11.4. The number of nitrogens with two attached hydrogens (primary N) is 1. The van der Waals surface area contributed by atoms with Crippen LogP contribution >= 0.6 is 0 Å². The summed E-state index contributed by atoms with van der Waals surface area (Å²) in [6, 6.07) is 26.6. The average molecular weight is 643 g/mol. The van der Waals surface area contributed by atoms with Crippen LogP contribution in [-0.4, -0.2) is 13.7 Å². The van der Waals surface area contributed by atoms with E-state index in [9.17, 15) is 0 Å². The molecular weight excluding hydrogens is 591 g/mol. The van der Waals surface area contributed by atoms with Crippen LogP contribution in [0.4, 0.5) is 0 Å². The number of aromatic nitrogens is 6. The summed E-state index contributed by atoms with van der Waals surface area (Å²) in [6.45, 7) is 8.30. The summed E-state index contributed by atoms with van der Waals surface area (Å²) in [5.41, 5.74) is 13.4. The smallest absolute Gasteiger partial charge is 0.244 e. The largest absolute Gasteiger partial charge is 0.326 e. The predicted octanol–water partition coefficient (Wildman–Crippen LogP) is 6.01. The topological polar surface area (TPSA) is 52.4 Å². The zero-order valence-electron chi connectivity index (χ0n) is 28.6. The van der Waals surface area contributed by atoms with Crippen molar-refractivity contribution in [1.29, 1.82) is 0 Å². The standard InChI is InChI=1S/C41H52N7/c1-2-3-4-5-6-7-20-43-21-22-44(33-43)28-38-12-14-39(15-13-38)30-47-25-26-48(35-47)32-41-18-16-40(17-19-41)31-46-24-23-45(34-46)29-37-10-8-36(27-42)9-11-37/h8-19,21-26,33-35H,2-7,20,27-32,42H2,1H3/q+3. The molecule has 0 saturated heterocycles. The van der Waals surface area contributed by atoms with E-state index in [1.54, 1.807) is 0 Å². The van der Waals surface area contributed by atoms with Crippen molar-refractivity contribution >= 4 is 0 Å². The lowest BCUT2D eigenvalue weighted by atomic mass is 10.1. The quantitative estimate of drug-likeness (QED) is 0.0906. The number of benzene rings is 3. The maximum absolute atomic E-state index is 5.73. The Kier molecular flexibility index (Phi) is 11.7. The lowest BCUT2D eigenvalue weighted by Gasteiger charge is -2.03. The maximum atomic E-state index is 5.73. The first-order valence-electron chi connectivity index (χ1n) is 17.7. The molecule has 6 aromatic rings. The highest BCUT2D eigenvalue weighted by Crippen LogP contribution is 2.10. The first-order chi connectivity index (χ1) is 23.6. The Bertz CT molecular complexity index is 1810. The monoisotopic (exact) mass is 642 g/mol. The number of unbranched alkanes of at least 4 members (excludes halogenated alkanes) is 5. The van der Waals surface area contributed by atoms with Gasteiger partial charge in [0.25, 0.3) is 0 Å². The molecule has 0 atom stereocenters. The van der Waals surface area contributed by atoms with Crippen LogP contribution in [0.1, 0.15) is 78.8 Å². The molecule has 6 rings (SSSR count). The minimum atomic E-state index is 0.582. The van der Waals surface area contributed by atoms with Crippen molar-refractivity contribution in [3.8, 4) is 0 Å². The molecule has 0 fully saturated rings. The van der Waals surface area contributed by atoms with Gasteiger partial charge in [0.2, 0.25) is 19.0 Å². The third-order valence-corrected chi connectivity index (χ3v) is 9.14. The highest BCUT2D eigenvalue weighted by Gasteiger charge is 2.10. The molecule has 7 nitrogen and oxygen atoms in total. The van der Waals surface area contributed by atoms with Crippen LogP contribution < -0.4 is 19.4 Å². The molecule has 0 bridgehead atoms. The summed E-state index contributed by atoms with van der Waals surface area (Å²) in [5, 5.41) is 0. The first-order valence-corrected chi connectivity index (χ1v) is 17.7. The van der Waals surface area contributed by atoms with E-state index >= 15 is 0 Å². The van der Waals surface area contributed by atoms with Gasteiger partial charge >= 0.3 is 0 Å². The molecule has 48 heavy (non-hydrogen) atoms. The van der Waals surface area contributed by atoms with Crippen molar-refractivity contribution in [2.24, 2.45) is 5.73 Å². The van der Waals surface area contributed by atoms with Gasteiger partial charge in [0.05, 0.1) is 6.54 Å². The molecule has 2 N–H and O–H groups in total. The highest BCUT2D eigenvalue weighted by atomic mass is 15.1. The number of hydrogen-bond donors (Lipinski definition) is 1. The Morgan fingerprint density at radius 2 is 0.833 bits per heavy atom. The summed E-state index contributed by atoms with van der Waals surface area (Å²) in [5.74, 6) is 0. The Morgan fingerprint density at radius 1 is 0.458 bits per heavy atom. The number of hydrogen-bond acceptors (Lipinski definition) is 1. The Labute approximate surface area is 286 Å². The average Bonchev–Trinajstić information content (AvgIpc) is 3.87. The van der Waals surface area contributed by atoms with E-state index in [1.165, 1.54) is 66.3 Å². The summed E-state index contributed by atoms with van der Waals surface area (Å²) in [6.07, 6.45) is 27.6. The second-order valence-electron chi connectivity index (χ2n) is 13.3. The molecule has 0 amide bonds. The fourth-order valence-electron chi connectivity index (χ4n) is 6.33. The number of imidazole rings is 3. The van der Waals surface area contributed by atoms with Gasteiger partial charge in [0, 0.05) is 6.54 Å². The molecule has 0 aliphatic rings. The molecule has 3 aromatic carbocycles. The van der Waals surface area contributed by atoms with Crippen molar-refractivity contribution in [3.63, 3.8) is 0 Å². The van der Waals surface area contributed by atoms with Gasteiger partial charge < -0.3 is 5.73 Å². The Hall–Kier alpha value is -4.75. The van der Waals surface area contributed by atoms with Gasteiger partial charge in [0.15, 0.2) is 0 Å². The molecule has 0 saturated carbocycles. The third-order valence-electron chi connectivity index (χ3n) is 9.14. The lowest BCUT2D eigenvalue weighted by molar-refractivity contribution is -0.688. The van der Waals surface area contributed by atoms with Crippen molar-refractivity contribution in [2.75, 3.05) is 0 Å². The fraction of sp³-hybridized carbons (Fsp3) is 0.341. The van der Waals surface area contributed by atoms with E-state index in [2.05, 4.69) is 163 Å². The van der Waals surface area contributed by atoms with E-state index in [-0.39, 0.29) is 0 Å². The molecule has 3 aromatic heterocycles. The van der Waals surface area contributed by atoms with Gasteiger partial charge in [0.1, 0.15) is 69.9 Å². The second kappa shape index (κ2) is 16.9. The van der Waals surface area contributed by atoms with Crippen molar-refractivity contribution in [1.82, 2.24) is 13.7 Å². The molecule has 0 aliphatic heterocycles. The molecular formula is C41H52N7+3. The number of aryl methyl sites for hydroxylation is 1. The molecule has 0 radical (unpaired) electrons. The Balaban J connectivity index is 0.938. The van der Waals surface area contributed by atoms with Crippen molar-refractivity contribution in [3.05, 3.63) is 162 Å². The molecule has 0 aliphatic carbocycles. The zero-order valence-corrected chi connectivity index (χ0v) is 28.6. The molecule has 0 unspecified atom stereocenters. The van der Waals surface area contributed by atoms with E-state index < -0.39 is 0 Å². The zero-order chi connectivity index (χ0) is 33.0. The van der Waals surface area contributed by atoms with Gasteiger partial charge in [-0.25, -0.2) is 27.4 Å². The van der Waals surface area contributed by atoms with E-state index in [0.717, 1.165) is 44.8 Å². The number of nitrogens with zero attached hydrogens (tertiary/aromatic N) is 6. The molecule has 248 valence electrons. The maximum Gasteiger partial charge on any atom is 0.244 e. The first kappa shape index (κ1) is 33.2. The molecule has 3 heterocycles. The second-order valence-corrected chi connectivity index (χ2v) is 13.3. The van der Waals surface area contributed by atoms with Crippen LogP contribution in [0.3, 0.4) is 0 Å². The van der Waals surface area contributed by atoms with Gasteiger partial charge in [-0.3, -0.25) is 0 Å². The SMILES string of the molecule is CCCCCCCCn1cc[n+](Cc2ccc(C[n+]3ccn(Cc4ccc(Cn5cc[n+](Cc6ccc(CN)cc6)c5)cc4)c3)cc2)c1. The van der Waals surface area contributed by atoms with Gasteiger partial charge in [-0.1, -0.05) is 105 Å². The van der Waals surface area contributed by atoms with Crippen LogP contribution in [0.25, 0.3) is 0 Å². The third kappa shape index (κ3) is 9.88. The molecule has 0 spiro atoms. The van der Waals surface area contributed by atoms with E-state index in [0.29, 0.717) is 6.54 Å². The Morgan fingerprint density at radius 3 is 1.29 bits per heavy atom. The van der Waals surface area contributed by atoms with Crippen molar-refractivity contribution < 1.29 is 13.7 Å². The summed E-state index contributed by atoms with van der Waals surface area (Å²) in [7, 11) is 0. The van der Waals surface area contributed by atoms with Crippen LogP contribution in [0.2, 0.25) is 0 Å².